The van der Waals surface area contributed by atoms with E-state index in [-0.39, 0.29) is 31.1 Å². The molecule has 0 aromatic rings. The lowest BCUT2D eigenvalue weighted by atomic mass is 10.0. The van der Waals surface area contributed by atoms with Crippen LogP contribution in [0.3, 0.4) is 0 Å². The Bertz CT molecular complexity index is 1530. The zero-order chi connectivity index (χ0) is 58.5. The van der Waals surface area contributed by atoms with E-state index in [0.29, 0.717) is 19.3 Å². The molecule has 0 aromatic carbocycles. The summed E-state index contributed by atoms with van der Waals surface area (Å²) in [5.74, 6) is -0.917. The highest BCUT2D eigenvalue weighted by atomic mass is 16.6. The van der Waals surface area contributed by atoms with E-state index in [1.165, 1.54) is 225 Å². The van der Waals surface area contributed by atoms with Gasteiger partial charge >= 0.3 is 17.9 Å². The van der Waals surface area contributed by atoms with Crippen LogP contribution in [0.2, 0.25) is 0 Å². The number of ether oxygens (including phenoxy) is 3. The van der Waals surface area contributed by atoms with Crippen LogP contribution in [-0.2, 0) is 28.6 Å². The van der Waals surface area contributed by atoms with Crippen LogP contribution in [-0.4, -0.2) is 37.2 Å². The van der Waals surface area contributed by atoms with Crippen molar-refractivity contribution in [3.63, 3.8) is 0 Å². The monoisotopic (exact) mass is 1130 g/mol. The molecular weight excluding hydrogens is 997 g/mol. The van der Waals surface area contributed by atoms with E-state index in [4.69, 9.17) is 14.2 Å². The summed E-state index contributed by atoms with van der Waals surface area (Å²) in [4.78, 5) is 38.4. The average Bonchev–Trinajstić information content (AvgIpc) is 3.47. The van der Waals surface area contributed by atoms with Crippen LogP contribution in [0.25, 0.3) is 0 Å². The molecule has 0 radical (unpaired) electrons. The molecule has 0 amide bonds. The number of hydrogen-bond donors (Lipinski definition) is 0. The molecule has 1 unspecified atom stereocenters. The first-order chi connectivity index (χ1) is 40.0. The summed E-state index contributed by atoms with van der Waals surface area (Å²) in [5, 5.41) is 0. The lowest BCUT2D eigenvalue weighted by Gasteiger charge is -2.18. The standard InChI is InChI=1S/C75H132O6/c1-4-7-10-13-16-19-22-25-28-30-32-34-35-36-37-38-39-41-42-44-47-50-53-56-59-62-65-68-74(77)80-71-72(70-79-73(76)67-64-61-58-55-52-49-46-27-24-21-18-15-12-9-6-3)81-75(78)69-66-63-60-57-54-51-48-45-43-40-33-31-29-26-23-20-17-14-11-8-5-2/h9,12,18,21-22,25,27,30-33,46,52,55,72H,4-8,10-11,13-17,19-20,23-24,26,28-29,34-45,47-51,53-54,56-71H2,1-3H3/b12-9-,21-18-,25-22-,32-30-,33-31-,46-27-,55-52-. The van der Waals surface area contributed by atoms with Gasteiger partial charge in [-0.3, -0.25) is 14.4 Å². The van der Waals surface area contributed by atoms with Crippen molar-refractivity contribution in [1.29, 1.82) is 0 Å². The smallest absolute Gasteiger partial charge is 0.306 e. The molecule has 468 valence electrons. The number of unbranched alkanes of at least 4 members (excludes halogenated alkanes) is 39. The summed E-state index contributed by atoms with van der Waals surface area (Å²) in [6, 6.07) is 0. The predicted molar refractivity (Wildman–Crippen MR) is 353 cm³/mol. The normalized spacial score (nSPS) is 12.6. The third-order valence-electron chi connectivity index (χ3n) is 15.4. The van der Waals surface area contributed by atoms with Gasteiger partial charge in [0.1, 0.15) is 13.2 Å². The van der Waals surface area contributed by atoms with Crippen LogP contribution in [0, 0.1) is 0 Å². The van der Waals surface area contributed by atoms with E-state index in [1.807, 2.05) is 0 Å². The van der Waals surface area contributed by atoms with Crippen molar-refractivity contribution in [2.45, 2.75) is 361 Å². The Hall–Kier alpha value is -3.41. The van der Waals surface area contributed by atoms with Gasteiger partial charge in [-0.1, -0.05) is 305 Å². The number of allylic oxidation sites excluding steroid dienone is 14. The SMILES string of the molecule is CC/C=C\C/C=C\C/C=C\C/C=C\CCCCC(=O)OCC(COC(=O)CCCCCCCCCCCCCCCCC/C=C\C/C=C\CCCCCCC)OC(=O)CCCCCCCCCCC/C=C\CCCCCCCCCC. The minimum Gasteiger partial charge on any atom is -0.462 e. The number of hydrogen-bond acceptors (Lipinski definition) is 6. The Morgan fingerprint density at radius 1 is 0.259 bits per heavy atom. The Balaban J connectivity index is 4.31. The highest BCUT2D eigenvalue weighted by Crippen LogP contribution is 2.17. The van der Waals surface area contributed by atoms with E-state index in [0.717, 1.165) is 89.9 Å². The van der Waals surface area contributed by atoms with Gasteiger partial charge in [0, 0.05) is 19.3 Å². The molecule has 0 saturated carbocycles. The van der Waals surface area contributed by atoms with Gasteiger partial charge in [-0.25, -0.2) is 0 Å². The van der Waals surface area contributed by atoms with Gasteiger partial charge in [0.25, 0.3) is 0 Å². The van der Waals surface area contributed by atoms with Crippen LogP contribution in [0.4, 0.5) is 0 Å². The minimum absolute atomic E-state index is 0.0884. The fourth-order valence-electron chi connectivity index (χ4n) is 10.1. The van der Waals surface area contributed by atoms with Crippen molar-refractivity contribution in [1.82, 2.24) is 0 Å². The van der Waals surface area contributed by atoms with Crippen molar-refractivity contribution < 1.29 is 28.6 Å². The van der Waals surface area contributed by atoms with Crippen LogP contribution in [0.15, 0.2) is 85.1 Å². The average molecular weight is 1130 g/mol. The van der Waals surface area contributed by atoms with Gasteiger partial charge in [-0.2, -0.15) is 0 Å². The van der Waals surface area contributed by atoms with E-state index in [1.54, 1.807) is 0 Å². The van der Waals surface area contributed by atoms with Gasteiger partial charge < -0.3 is 14.2 Å². The van der Waals surface area contributed by atoms with Crippen molar-refractivity contribution in [2.24, 2.45) is 0 Å². The Labute approximate surface area is 503 Å². The maximum absolute atomic E-state index is 12.9. The first-order valence-corrected chi connectivity index (χ1v) is 35.1. The maximum Gasteiger partial charge on any atom is 0.306 e. The van der Waals surface area contributed by atoms with Crippen molar-refractivity contribution in [2.75, 3.05) is 13.2 Å². The molecule has 0 spiro atoms. The molecule has 0 aliphatic heterocycles. The first kappa shape index (κ1) is 77.6. The van der Waals surface area contributed by atoms with Gasteiger partial charge in [-0.05, 0) is 116 Å². The molecule has 6 heteroatoms. The van der Waals surface area contributed by atoms with E-state index >= 15 is 0 Å². The largest absolute Gasteiger partial charge is 0.462 e. The number of carbonyl (C=O) groups is 3. The summed E-state index contributed by atoms with van der Waals surface area (Å²) >= 11 is 0. The molecule has 0 bridgehead atoms. The molecule has 0 heterocycles. The molecular formula is C75H132O6. The van der Waals surface area contributed by atoms with Crippen LogP contribution in [0.1, 0.15) is 355 Å². The van der Waals surface area contributed by atoms with E-state index < -0.39 is 6.10 Å². The number of rotatable bonds is 64. The second-order valence-electron chi connectivity index (χ2n) is 23.4. The number of esters is 3. The summed E-state index contributed by atoms with van der Waals surface area (Å²) in [7, 11) is 0. The summed E-state index contributed by atoms with van der Waals surface area (Å²) in [6.07, 6.45) is 91.9. The molecule has 0 rings (SSSR count). The fraction of sp³-hybridized carbons (Fsp3) is 0.773. The van der Waals surface area contributed by atoms with Gasteiger partial charge in [0.05, 0.1) is 0 Å². The minimum atomic E-state index is -0.796. The molecule has 0 aromatic heterocycles. The fourth-order valence-corrected chi connectivity index (χ4v) is 10.1. The molecule has 0 N–H and O–H groups in total. The zero-order valence-corrected chi connectivity index (χ0v) is 53.8. The molecule has 81 heavy (non-hydrogen) atoms. The highest BCUT2D eigenvalue weighted by molar-refractivity contribution is 5.71. The zero-order valence-electron chi connectivity index (χ0n) is 53.8. The molecule has 0 saturated heterocycles. The Morgan fingerprint density at radius 3 is 0.790 bits per heavy atom. The van der Waals surface area contributed by atoms with Crippen molar-refractivity contribution in [3.8, 4) is 0 Å². The maximum atomic E-state index is 12.9. The Kier molecular flexibility index (Phi) is 66.2. The molecule has 0 aliphatic carbocycles. The van der Waals surface area contributed by atoms with Crippen molar-refractivity contribution in [3.05, 3.63) is 85.1 Å². The molecule has 0 aliphatic rings. The lowest BCUT2D eigenvalue weighted by molar-refractivity contribution is -0.167. The number of carbonyl (C=O) groups excluding carboxylic acids is 3. The summed E-state index contributed by atoms with van der Waals surface area (Å²) < 4.78 is 16.9. The van der Waals surface area contributed by atoms with E-state index in [9.17, 15) is 14.4 Å². The van der Waals surface area contributed by atoms with E-state index in [2.05, 4.69) is 106 Å². The second kappa shape index (κ2) is 69.1. The van der Waals surface area contributed by atoms with Gasteiger partial charge in [0.15, 0.2) is 6.10 Å². The third kappa shape index (κ3) is 67.3. The predicted octanol–water partition coefficient (Wildman–Crippen LogP) is 24.2. The van der Waals surface area contributed by atoms with Crippen LogP contribution < -0.4 is 0 Å². The first-order valence-electron chi connectivity index (χ1n) is 35.1. The van der Waals surface area contributed by atoms with Crippen LogP contribution >= 0.6 is 0 Å². The van der Waals surface area contributed by atoms with Crippen LogP contribution in [0.5, 0.6) is 0 Å². The second-order valence-corrected chi connectivity index (χ2v) is 23.4. The summed E-state index contributed by atoms with van der Waals surface area (Å²) in [6.45, 7) is 6.52. The summed E-state index contributed by atoms with van der Waals surface area (Å²) in [5.41, 5.74) is 0. The topological polar surface area (TPSA) is 78.9 Å². The Morgan fingerprint density at radius 2 is 0.481 bits per heavy atom. The van der Waals surface area contributed by atoms with Gasteiger partial charge in [0.2, 0.25) is 0 Å². The molecule has 1 atom stereocenters. The lowest BCUT2D eigenvalue weighted by Crippen LogP contribution is -2.30. The molecule has 0 fully saturated rings. The quantitative estimate of drug-likeness (QED) is 0.0261. The third-order valence-corrected chi connectivity index (χ3v) is 15.4. The molecule has 6 nitrogen and oxygen atoms in total. The van der Waals surface area contributed by atoms with Gasteiger partial charge in [-0.15, -0.1) is 0 Å². The highest BCUT2D eigenvalue weighted by Gasteiger charge is 2.19. The van der Waals surface area contributed by atoms with Crippen molar-refractivity contribution >= 4 is 17.9 Å².